The fourth-order valence-electron chi connectivity index (χ4n) is 3.57. The van der Waals surface area contributed by atoms with Crippen molar-refractivity contribution in [3.63, 3.8) is 0 Å². The highest BCUT2D eigenvalue weighted by Crippen LogP contribution is 2.29. The van der Waals surface area contributed by atoms with E-state index in [1.165, 1.54) is 16.3 Å². The van der Waals surface area contributed by atoms with Crippen molar-refractivity contribution < 1.29 is 0 Å². The Morgan fingerprint density at radius 3 is 2.67 bits per heavy atom. The quantitative estimate of drug-likeness (QED) is 0.609. The molecular weight excluding hydrogens is 376 g/mol. The first-order valence-corrected chi connectivity index (χ1v) is 10.6. The summed E-state index contributed by atoms with van der Waals surface area (Å²) in [5.41, 5.74) is 3.51. The van der Waals surface area contributed by atoms with Crippen molar-refractivity contribution >= 4 is 34.4 Å². The summed E-state index contributed by atoms with van der Waals surface area (Å²) in [5.74, 6) is 0.885. The van der Waals surface area contributed by atoms with Crippen LogP contribution in [0.3, 0.4) is 0 Å². The molecule has 1 aliphatic heterocycles. The van der Waals surface area contributed by atoms with Crippen LogP contribution < -0.4 is 9.80 Å². The molecular formula is C21H23ClN4S. The second-order valence-corrected chi connectivity index (χ2v) is 8.17. The van der Waals surface area contributed by atoms with E-state index in [2.05, 4.69) is 63.3 Å². The SMILES string of the molecule is CCc1nc(-c2ccc(N3CCN(c4ncccc4Cl)C[C@H]3C)cc2)cs1. The van der Waals surface area contributed by atoms with Gasteiger partial charge in [-0.2, -0.15) is 0 Å². The number of hydrogen-bond donors (Lipinski definition) is 0. The van der Waals surface area contributed by atoms with Crippen LogP contribution in [-0.4, -0.2) is 35.6 Å². The minimum Gasteiger partial charge on any atom is -0.365 e. The molecule has 2 aromatic heterocycles. The summed E-state index contributed by atoms with van der Waals surface area (Å²) in [4.78, 5) is 13.9. The number of halogens is 1. The number of thiazole rings is 1. The largest absolute Gasteiger partial charge is 0.365 e. The van der Waals surface area contributed by atoms with Crippen LogP contribution in [-0.2, 0) is 6.42 Å². The lowest BCUT2D eigenvalue weighted by Crippen LogP contribution is -2.52. The normalized spacial score (nSPS) is 17.4. The zero-order valence-electron chi connectivity index (χ0n) is 15.6. The van der Waals surface area contributed by atoms with Gasteiger partial charge in [-0.25, -0.2) is 9.97 Å². The zero-order valence-corrected chi connectivity index (χ0v) is 17.2. The molecule has 0 saturated carbocycles. The van der Waals surface area contributed by atoms with E-state index in [4.69, 9.17) is 11.6 Å². The molecule has 1 saturated heterocycles. The zero-order chi connectivity index (χ0) is 18.8. The van der Waals surface area contributed by atoms with Gasteiger partial charge in [0.15, 0.2) is 0 Å². The van der Waals surface area contributed by atoms with Gasteiger partial charge in [-0.05, 0) is 37.6 Å². The van der Waals surface area contributed by atoms with E-state index in [0.717, 1.165) is 42.6 Å². The highest BCUT2D eigenvalue weighted by molar-refractivity contribution is 7.09. The van der Waals surface area contributed by atoms with Crippen molar-refractivity contribution in [2.45, 2.75) is 26.3 Å². The second kappa shape index (κ2) is 7.87. The lowest BCUT2D eigenvalue weighted by molar-refractivity contribution is 0.547. The van der Waals surface area contributed by atoms with Crippen LogP contribution in [0.1, 0.15) is 18.9 Å². The van der Waals surface area contributed by atoms with Crippen molar-refractivity contribution in [2.75, 3.05) is 29.4 Å². The number of aromatic nitrogens is 2. The minimum atomic E-state index is 0.383. The van der Waals surface area contributed by atoms with Crippen LogP contribution in [0.2, 0.25) is 5.02 Å². The summed E-state index contributed by atoms with van der Waals surface area (Å²) in [6, 6.07) is 12.9. The van der Waals surface area contributed by atoms with Gasteiger partial charge < -0.3 is 9.80 Å². The lowest BCUT2D eigenvalue weighted by Gasteiger charge is -2.42. The molecule has 3 aromatic rings. The number of pyridine rings is 1. The molecule has 0 spiro atoms. The Bertz CT molecular complexity index is 909. The average molecular weight is 399 g/mol. The standard InChI is InChI=1S/C21H23ClN4S/c1-3-20-24-19(14-27-20)16-6-8-17(9-7-16)26-12-11-25(13-15(26)2)21-18(22)5-4-10-23-21/h4-10,14-15H,3,11-13H2,1-2H3/t15-/m1/s1. The lowest BCUT2D eigenvalue weighted by atomic mass is 10.1. The summed E-state index contributed by atoms with van der Waals surface area (Å²) in [5, 5.41) is 4.05. The van der Waals surface area contributed by atoms with E-state index in [1.807, 2.05) is 12.1 Å². The molecule has 140 valence electrons. The first-order valence-electron chi connectivity index (χ1n) is 9.32. The van der Waals surface area contributed by atoms with Gasteiger partial charge in [0.2, 0.25) is 0 Å². The summed E-state index contributed by atoms with van der Waals surface area (Å²) in [6.07, 6.45) is 2.80. The van der Waals surface area contributed by atoms with Crippen LogP contribution in [0.15, 0.2) is 48.0 Å². The van der Waals surface area contributed by atoms with Crippen LogP contribution in [0, 0.1) is 0 Å². The fraction of sp³-hybridized carbons (Fsp3) is 0.333. The third-order valence-corrected chi connectivity index (χ3v) is 6.30. The van der Waals surface area contributed by atoms with E-state index in [1.54, 1.807) is 17.5 Å². The van der Waals surface area contributed by atoms with Gasteiger partial charge in [-0.15, -0.1) is 11.3 Å². The maximum atomic E-state index is 6.32. The summed E-state index contributed by atoms with van der Waals surface area (Å²) >= 11 is 8.06. The maximum Gasteiger partial charge on any atom is 0.147 e. The molecule has 0 aliphatic carbocycles. The molecule has 0 bridgehead atoms. The maximum absolute atomic E-state index is 6.32. The topological polar surface area (TPSA) is 32.3 Å². The molecule has 3 heterocycles. The molecule has 0 N–H and O–H groups in total. The van der Waals surface area contributed by atoms with Gasteiger partial charge in [0.25, 0.3) is 0 Å². The number of hydrogen-bond acceptors (Lipinski definition) is 5. The summed E-state index contributed by atoms with van der Waals surface area (Å²) < 4.78 is 0. The van der Waals surface area contributed by atoms with E-state index < -0.39 is 0 Å². The number of rotatable bonds is 4. The van der Waals surface area contributed by atoms with Crippen molar-refractivity contribution in [2.24, 2.45) is 0 Å². The first kappa shape index (κ1) is 18.3. The summed E-state index contributed by atoms with van der Waals surface area (Å²) in [7, 11) is 0. The summed E-state index contributed by atoms with van der Waals surface area (Å²) in [6.45, 7) is 7.17. The number of aryl methyl sites for hydroxylation is 1. The third kappa shape index (κ3) is 3.80. The third-order valence-electron chi connectivity index (χ3n) is 5.01. The minimum absolute atomic E-state index is 0.383. The Morgan fingerprint density at radius 2 is 2.00 bits per heavy atom. The molecule has 4 nitrogen and oxygen atoms in total. The van der Waals surface area contributed by atoms with Gasteiger partial charge in [-0.1, -0.05) is 30.7 Å². The van der Waals surface area contributed by atoms with Crippen molar-refractivity contribution in [3.8, 4) is 11.3 Å². The van der Waals surface area contributed by atoms with Crippen molar-refractivity contribution in [1.82, 2.24) is 9.97 Å². The number of nitrogens with zero attached hydrogens (tertiary/aromatic N) is 4. The molecule has 1 aromatic carbocycles. The smallest absolute Gasteiger partial charge is 0.147 e. The van der Waals surface area contributed by atoms with Gasteiger partial charge in [0.05, 0.1) is 15.7 Å². The van der Waals surface area contributed by atoms with Crippen LogP contribution in [0.25, 0.3) is 11.3 Å². The van der Waals surface area contributed by atoms with E-state index >= 15 is 0 Å². The highest BCUT2D eigenvalue weighted by Gasteiger charge is 2.25. The van der Waals surface area contributed by atoms with Gasteiger partial charge in [-0.3, -0.25) is 0 Å². The average Bonchev–Trinajstić information content (AvgIpc) is 3.18. The highest BCUT2D eigenvalue weighted by atomic mass is 35.5. The number of piperazine rings is 1. The molecule has 4 rings (SSSR count). The van der Waals surface area contributed by atoms with Gasteiger partial charge in [0.1, 0.15) is 5.82 Å². The molecule has 6 heteroatoms. The molecule has 0 unspecified atom stereocenters. The Labute approximate surface area is 169 Å². The Hall–Kier alpha value is -2.11. The van der Waals surface area contributed by atoms with E-state index in [-0.39, 0.29) is 0 Å². The van der Waals surface area contributed by atoms with Gasteiger partial charge >= 0.3 is 0 Å². The molecule has 1 fully saturated rings. The molecule has 27 heavy (non-hydrogen) atoms. The number of benzene rings is 1. The van der Waals surface area contributed by atoms with E-state index in [9.17, 15) is 0 Å². The Morgan fingerprint density at radius 1 is 1.19 bits per heavy atom. The Balaban J connectivity index is 1.47. The van der Waals surface area contributed by atoms with Crippen LogP contribution in [0.4, 0.5) is 11.5 Å². The van der Waals surface area contributed by atoms with Crippen molar-refractivity contribution in [1.29, 1.82) is 0 Å². The molecule has 0 amide bonds. The monoisotopic (exact) mass is 398 g/mol. The van der Waals surface area contributed by atoms with Crippen molar-refractivity contribution in [3.05, 3.63) is 58.0 Å². The van der Waals surface area contributed by atoms with Gasteiger partial charge in [0, 0.05) is 48.5 Å². The fourth-order valence-corrected chi connectivity index (χ4v) is 4.57. The molecule has 0 radical (unpaired) electrons. The number of anilines is 2. The first-order chi connectivity index (χ1) is 13.2. The molecule has 1 aliphatic rings. The van der Waals surface area contributed by atoms with Crippen LogP contribution >= 0.6 is 22.9 Å². The van der Waals surface area contributed by atoms with E-state index in [0.29, 0.717) is 6.04 Å². The Kier molecular flexibility index (Phi) is 5.32. The molecule has 1 atom stereocenters. The predicted molar refractivity (Wildman–Crippen MR) is 115 cm³/mol. The predicted octanol–water partition coefficient (Wildman–Crippen LogP) is 5.14. The second-order valence-electron chi connectivity index (χ2n) is 6.82. The van der Waals surface area contributed by atoms with Crippen LogP contribution in [0.5, 0.6) is 0 Å².